The van der Waals surface area contributed by atoms with Gasteiger partial charge in [-0.25, -0.2) is 0 Å². The van der Waals surface area contributed by atoms with E-state index >= 15 is 0 Å². The zero-order valence-electron chi connectivity index (χ0n) is 12.0. The molecule has 0 aliphatic carbocycles. The van der Waals surface area contributed by atoms with E-state index in [9.17, 15) is 5.11 Å². The van der Waals surface area contributed by atoms with Crippen LogP contribution in [0.4, 0.5) is 0 Å². The standard InChI is InChI=1S/C15H22Cl2N2O/c1-15(2,10-20)14(19-7-5-18-6-8-19)12-4-3-11(16)9-13(12)17/h3-4,9,14,18,20H,5-8,10H2,1-2H3/t14-/m0/s1. The average Bonchev–Trinajstić information content (AvgIpc) is 2.43. The first-order valence-corrected chi connectivity index (χ1v) is 7.72. The highest BCUT2D eigenvalue weighted by molar-refractivity contribution is 6.35. The Balaban J connectivity index is 2.39. The normalized spacial score (nSPS) is 19.1. The number of hydrogen-bond donors (Lipinski definition) is 2. The predicted molar refractivity (Wildman–Crippen MR) is 84.5 cm³/mol. The van der Waals surface area contributed by atoms with Gasteiger partial charge in [0, 0.05) is 54.3 Å². The molecule has 0 unspecified atom stereocenters. The SMILES string of the molecule is CC(C)(CO)[C@H](c1ccc(Cl)cc1Cl)N1CCNCC1. The van der Waals surface area contributed by atoms with Gasteiger partial charge in [-0.15, -0.1) is 0 Å². The third-order valence-electron chi connectivity index (χ3n) is 3.92. The van der Waals surface area contributed by atoms with Gasteiger partial charge in [-0.1, -0.05) is 43.1 Å². The summed E-state index contributed by atoms with van der Waals surface area (Å²) < 4.78 is 0. The van der Waals surface area contributed by atoms with Crippen LogP contribution in [0.1, 0.15) is 25.5 Å². The van der Waals surface area contributed by atoms with E-state index in [0.29, 0.717) is 10.0 Å². The van der Waals surface area contributed by atoms with Gasteiger partial charge in [0.05, 0.1) is 0 Å². The summed E-state index contributed by atoms with van der Waals surface area (Å²) in [5, 5.41) is 14.5. The Morgan fingerprint density at radius 2 is 1.95 bits per heavy atom. The van der Waals surface area contributed by atoms with Crippen molar-refractivity contribution in [3.63, 3.8) is 0 Å². The first-order valence-electron chi connectivity index (χ1n) is 6.96. The Morgan fingerprint density at radius 3 is 2.50 bits per heavy atom. The maximum absolute atomic E-state index is 9.79. The summed E-state index contributed by atoms with van der Waals surface area (Å²) in [6, 6.07) is 5.71. The third-order valence-corrected chi connectivity index (χ3v) is 4.48. The van der Waals surface area contributed by atoms with Crippen LogP contribution in [-0.2, 0) is 0 Å². The molecule has 1 heterocycles. The molecule has 1 fully saturated rings. The lowest BCUT2D eigenvalue weighted by atomic mass is 9.79. The Hall–Kier alpha value is -0.320. The van der Waals surface area contributed by atoms with Gasteiger partial charge in [0.2, 0.25) is 0 Å². The van der Waals surface area contributed by atoms with Gasteiger partial charge >= 0.3 is 0 Å². The minimum absolute atomic E-state index is 0.0827. The number of benzene rings is 1. The molecule has 0 aromatic heterocycles. The molecule has 1 saturated heterocycles. The second kappa shape index (κ2) is 6.63. The first-order chi connectivity index (χ1) is 9.45. The molecule has 0 saturated carbocycles. The minimum Gasteiger partial charge on any atom is -0.396 e. The van der Waals surface area contributed by atoms with E-state index < -0.39 is 0 Å². The highest BCUT2D eigenvalue weighted by Gasteiger charge is 2.36. The molecule has 20 heavy (non-hydrogen) atoms. The summed E-state index contributed by atoms with van der Waals surface area (Å²) in [6.45, 7) is 8.09. The fraction of sp³-hybridized carbons (Fsp3) is 0.600. The van der Waals surface area contributed by atoms with E-state index in [2.05, 4.69) is 24.1 Å². The third kappa shape index (κ3) is 3.46. The number of rotatable bonds is 4. The van der Waals surface area contributed by atoms with E-state index in [-0.39, 0.29) is 18.1 Å². The van der Waals surface area contributed by atoms with Crippen LogP contribution in [0.5, 0.6) is 0 Å². The maximum atomic E-state index is 9.79. The molecule has 1 atom stereocenters. The van der Waals surface area contributed by atoms with Gasteiger partial charge in [0.25, 0.3) is 0 Å². The van der Waals surface area contributed by atoms with E-state index in [1.807, 2.05) is 12.1 Å². The van der Waals surface area contributed by atoms with Crippen LogP contribution >= 0.6 is 23.2 Å². The zero-order chi connectivity index (χ0) is 14.8. The van der Waals surface area contributed by atoms with Crippen LogP contribution in [0, 0.1) is 5.41 Å². The second-order valence-electron chi connectivity index (χ2n) is 6.00. The lowest BCUT2D eigenvalue weighted by molar-refractivity contribution is 0.0306. The molecular weight excluding hydrogens is 295 g/mol. The lowest BCUT2D eigenvalue weighted by Crippen LogP contribution is -2.49. The number of piperazine rings is 1. The quantitative estimate of drug-likeness (QED) is 0.896. The number of nitrogens with one attached hydrogen (secondary N) is 1. The van der Waals surface area contributed by atoms with Crippen molar-refractivity contribution in [3.8, 4) is 0 Å². The van der Waals surface area contributed by atoms with Crippen LogP contribution in [0.2, 0.25) is 10.0 Å². The summed E-state index contributed by atoms with van der Waals surface area (Å²) in [5.74, 6) is 0. The van der Waals surface area contributed by atoms with Crippen molar-refractivity contribution in [2.24, 2.45) is 5.41 Å². The largest absolute Gasteiger partial charge is 0.396 e. The molecule has 0 spiro atoms. The molecule has 0 bridgehead atoms. The predicted octanol–water partition coefficient (Wildman–Crippen LogP) is 2.96. The number of nitrogens with zero attached hydrogens (tertiary/aromatic N) is 1. The van der Waals surface area contributed by atoms with Gasteiger partial charge in [0.1, 0.15) is 0 Å². The molecule has 112 valence electrons. The first kappa shape index (κ1) is 16.1. The molecule has 0 amide bonds. The van der Waals surface area contributed by atoms with Gasteiger partial charge in [-0.3, -0.25) is 4.90 Å². The molecule has 1 aromatic rings. The van der Waals surface area contributed by atoms with Gasteiger partial charge < -0.3 is 10.4 Å². The molecule has 1 aliphatic heterocycles. The van der Waals surface area contributed by atoms with E-state index in [1.54, 1.807) is 6.07 Å². The number of hydrogen-bond acceptors (Lipinski definition) is 3. The van der Waals surface area contributed by atoms with E-state index in [0.717, 1.165) is 31.7 Å². The second-order valence-corrected chi connectivity index (χ2v) is 6.84. The summed E-state index contributed by atoms with van der Waals surface area (Å²) in [6.07, 6.45) is 0. The monoisotopic (exact) mass is 316 g/mol. The van der Waals surface area contributed by atoms with E-state index in [1.165, 1.54) is 0 Å². The minimum atomic E-state index is -0.269. The van der Waals surface area contributed by atoms with Gasteiger partial charge in [-0.2, -0.15) is 0 Å². The van der Waals surface area contributed by atoms with Crippen molar-refractivity contribution in [2.45, 2.75) is 19.9 Å². The molecule has 1 aromatic carbocycles. The molecular formula is C15H22Cl2N2O. The van der Waals surface area contributed by atoms with Crippen LogP contribution in [-0.4, -0.2) is 42.8 Å². The molecule has 0 radical (unpaired) electrons. The summed E-state index contributed by atoms with van der Waals surface area (Å²) in [7, 11) is 0. The Bertz CT molecular complexity index is 459. The smallest absolute Gasteiger partial charge is 0.0500 e. The van der Waals surface area contributed by atoms with Crippen molar-refractivity contribution >= 4 is 23.2 Å². The van der Waals surface area contributed by atoms with Crippen LogP contribution in [0.25, 0.3) is 0 Å². The van der Waals surface area contributed by atoms with Gasteiger partial charge in [-0.05, 0) is 17.7 Å². The topological polar surface area (TPSA) is 35.5 Å². The van der Waals surface area contributed by atoms with Gasteiger partial charge in [0.15, 0.2) is 0 Å². The van der Waals surface area contributed by atoms with Crippen LogP contribution in [0.15, 0.2) is 18.2 Å². The summed E-state index contributed by atoms with van der Waals surface area (Å²) in [5.41, 5.74) is 0.770. The van der Waals surface area contributed by atoms with Crippen molar-refractivity contribution in [3.05, 3.63) is 33.8 Å². The Kier molecular flexibility index (Phi) is 5.32. The Labute approximate surface area is 130 Å². The van der Waals surface area contributed by atoms with Crippen LogP contribution < -0.4 is 5.32 Å². The molecule has 2 rings (SSSR count). The highest BCUT2D eigenvalue weighted by atomic mass is 35.5. The number of aliphatic hydroxyl groups excluding tert-OH is 1. The molecule has 2 N–H and O–H groups in total. The summed E-state index contributed by atoms with van der Waals surface area (Å²) >= 11 is 12.4. The maximum Gasteiger partial charge on any atom is 0.0500 e. The van der Waals surface area contributed by atoms with Crippen molar-refractivity contribution in [1.29, 1.82) is 0 Å². The Morgan fingerprint density at radius 1 is 1.30 bits per heavy atom. The average molecular weight is 317 g/mol. The highest BCUT2D eigenvalue weighted by Crippen LogP contribution is 2.41. The van der Waals surface area contributed by atoms with E-state index in [4.69, 9.17) is 23.2 Å². The molecule has 1 aliphatic rings. The molecule has 5 heteroatoms. The van der Waals surface area contributed by atoms with Crippen molar-refractivity contribution in [2.75, 3.05) is 32.8 Å². The molecule has 3 nitrogen and oxygen atoms in total. The fourth-order valence-electron chi connectivity index (χ4n) is 2.86. The van der Waals surface area contributed by atoms with Crippen molar-refractivity contribution < 1.29 is 5.11 Å². The van der Waals surface area contributed by atoms with Crippen molar-refractivity contribution in [1.82, 2.24) is 10.2 Å². The number of aliphatic hydroxyl groups is 1. The lowest BCUT2D eigenvalue weighted by Gasteiger charge is -2.43. The number of halogens is 2. The summed E-state index contributed by atoms with van der Waals surface area (Å²) in [4.78, 5) is 2.39. The fourth-order valence-corrected chi connectivity index (χ4v) is 3.37. The zero-order valence-corrected chi connectivity index (χ0v) is 13.5. The van der Waals surface area contributed by atoms with Crippen LogP contribution in [0.3, 0.4) is 0 Å².